The van der Waals surface area contributed by atoms with Gasteiger partial charge in [0, 0.05) is 74.5 Å². The van der Waals surface area contributed by atoms with Gasteiger partial charge in [-0.3, -0.25) is 14.6 Å². The maximum absolute atomic E-state index is 14.0. The molecule has 0 bridgehead atoms. The minimum absolute atomic E-state index is 0.0585. The van der Waals surface area contributed by atoms with E-state index in [4.69, 9.17) is 11.6 Å². The molecular formula is C35H37ClN6O2. The number of amides is 2. The Morgan fingerprint density at radius 3 is 2.36 bits per heavy atom. The number of nitrogens with one attached hydrogen (secondary N) is 3. The van der Waals surface area contributed by atoms with Crippen molar-refractivity contribution in [2.45, 2.75) is 38.0 Å². The van der Waals surface area contributed by atoms with Crippen LogP contribution in [0.2, 0.25) is 5.02 Å². The molecule has 1 aromatic heterocycles. The summed E-state index contributed by atoms with van der Waals surface area (Å²) < 4.78 is 0. The number of fused-ring (bicyclic) bond motifs is 1. The normalized spacial score (nSPS) is 17.0. The molecule has 3 heterocycles. The van der Waals surface area contributed by atoms with Crippen LogP contribution in [0, 0.1) is 0 Å². The van der Waals surface area contributed by atoms with E-state index >= 15 is 0 Å². The zero-order chi connectivity index (χ0) is 30.3. The van der Waals surface area contributed by atoms with Crippen molar-refractivity contribution in [1.82, 2.24) is 20.5 Å². The Kier molecular flexibility index (Phi) is 9.39. The van der Waals surface area contributed by atoms with Crippen molar-refractivity contribution in [2.75, 3.05) is 36.4 Å². The number of aromatic nitrogens is 1. The van der Waals surface area contributed by atoms with Crippen LogP contribution in [-0.4, -0.2) is 60.0 Å². The van der Waals surface area contributed by atoms with Gasteiger partial charge in [0.25, 0.3) is 0 Å². The number of nitrogens with zero attached hydrogens (tertiary/aromatic N) is 3. The minimum Gasteiger partial charge on any atom is -0.381 e. The van der Waals surface area contributed by atoms with E-state index in [0.29, 0.717) is 57.1 Å². The summed E-state index contributed by atoms with van der Waals surface area (Å²) in [6.45, 7) is 3.89. The zero-order valence-electron chi connectivity index (χ0n) is 24.6. The summed E-state index contributed by atoms with van der Waals surface area (Å²) in [6.07, 6.45) is 4.54. The van der Waals surface area contributed by atoms with E-state index in [1.54, 1.807) is 12.4 Å². The van der Waals surface area contributed by atoms with Crippen molar-refractivity contribution in [2.24, 2.45) is 0 Å². The number of carbonyl (C=O) groups is 2. The summed E-state index contributed by atoms with van der Waals surface area (Å²) in [5, 5.41) is 10.6. The second-order valence-corrected chi connectivity index (χ2v) is 11.8. The van der Waals surface area contributed by atoms with Crippen LogP contribution in [0.5, 0.6) is 0 Å². The first kappa shape index (κ1) is 29.7. The molecule has 0 saturated carbocycles. The van der Waals surface area contributed by atoms with Crippen LogP contribution in [0.4, 0.5) is 11.4 Å². The van der Waals surface area contributed by atoms with Crippen LogP contribution in [0.25, 0.3) is 0 Å². The predicted octanol–water partition coefficient (Wildman–Crippen LogP) is 4.44. The van der Waals surface area contributed by atoms with Crippen LogP contribution in [0.15, 0.2) is 97.3 Å². The van der Waals surface area contributed by atoms with Crippen LogP contribution >= 0.6 is 11.6 Å². The van der Waals surface area contributed by atoms with Gasteiger partial charge in [-0.1, -0.05) is 66.2 Å². The third-order valence-electron chi connectivity index (χ3n) is 8.45. The number of para-hydroxylation sites is 1. The summed E-state index contributed by atoms with van der Waals surface area (Å²) in [5.74, 6) is -0.210. The molecule has 0 unspecified atom stereocenters. The van der Waals surface area contributed by atoms with Crippen molar-refractivity contribution in [1.29, 1.82) is 0 Å². The van der Waals surface area contributed by atoms with Gasteiger partial charge in [0.1, 0.15) is 6.04 Å². The highest BCUT2D eigenvalue weighted by Crippen LogP contribution is 2.24. The first-order valence-electron chi connectivity index (χ1n) is 15.1. The number of halogens is 1. The van der Waals surface area contributed by atoms with Crippen molar-refractivity contribution in [3.8, 4) is 0 Å². The lowest BCUT2D eigenvalue weighted by Crippen LogP contribution is -2.58. The largest absolute Gasteiger partial charge is 0.381 e. The smallest absolute Gasteiger partial charge is 0.245 e. The van der Waals surface area contributed by atoms with Crippen LogP contribution in [0.3, 0.4) is 0 Å². The highest BCUT2D eigenvalue weighted by Gasteiger charge is 2.32. The minimum atomic E-state index is -0.675. The Morgan fingerprint density at radius 2 is 1.59 bits per heavy atom. The van der Waals surface area contributed by atoms with E-state index in [2.05, 4.69) is 62.2 Å². The average Bonchev–Trinajstić information content (AvgIpc) is 3.08. The van der Waals surface area contributed by atoms with Gasteiger partial charge in [0.05, 0.1) is 6.04 Å². The summed E-state index contributed by atoms with van der Waals surface area (Å²) >= 11 is 6.12. The molecule has 0 spiro atoms. The predicted molar refractivity (Wildman–Crippen MR) is 175 cm³/mol. The number of benzene rings is 3. The van der Waals surface area contributed by atoms with E-state index in [-0.39, 0.29) is 17.9 Å². The first-order chi connectivity index (χ1) is 21.5. The Bertz CT molecular complexity index is 1570. The fourth-order valence-electron chi connectivity index (χ4n) is 5.99. The van der Waals surface area contributed by atoms with Crippen LogP contribution in [0.1, 0.15) is 22.3 Å². The van der Waals surface area contributed by atoms with Crippen molar-refractivity contribution in [3.63, 3.8) is 0 Å². The number of hydrogen-bond acceptors (Lipinski definition) is 6. The maximum atomic E-state index is 14.0. The van der Waals surface area contributed by atoms with E-state index < -0.39 is 6.04 Å². The molecule has 6 rings (SSSR count). The molecule has 8 nitrogen and oxygen atoms in total. The molecule has 3 N–H and O–H groups in total. The third-order valence-corrected chi connectivity index (χ3v) is 8.70. The molecule has 3 aromatic carbocycles. The molecule has 9 heteroatoms. The monoisotopic (exact) mass is 608 g/mol. The second kappa shape index (κ2) is 13.9. The molecule has 4 aromatic rings. The number of hydrogen-bond donors (Lipinski definition) is 3. The molecule has 1 saturated heterocycles. The highest BCUT2D eigenvalue weighted by molar-refractivity contribution is 6.30. The van der Waals surface area contributed by atoms with E-state index in [0.717, 1.165) is 16.9 Å². The molecule has 44 heavy (non-hydrogen) atoms. The van der Waals surface area contributed by atoms with Gasteiger partial charge in [0.15, 0.2) is 0 Å². The SMILES string of the molecule is O=C(N[C@H](Cc1ccc(Cl)cc1)C(=O)N1CCN(c2ccccc2CNc2ccncc2)CC1)[C@H]1Cc2ccccc2CN1. The van der Waals surface area contributed by atoms with Crippen LogP contribution in [-0.2, 0) is 35.5 Å². The fraction of sp³-hybridized carbons (Fsp3) is 0.286. The molecule has 1 fully saturated rings. The van der Waals surface area contributed by atoms with Gasteiger partial charge in [0.2, 0.25) is 11.8 Å². The van der Waals surface area contributed by atoms with Gasteiger partial charge in [-0.2, -0.15) is 0 Å². The zero-order valence-corrected chi connectivity index (χ0v) is 25.3. The number of anilines is 2. The lowest BCUT2D eigenvalue weighted by molar-refractivity contribution is -0.137. The van der Waals surface area contributed by atoms with Gasteiger partial charge in [-0.05, 0) is 59.0 Å². The number of carbonyl (C=O) groups excluding carboxylic acids is 2. The van der Waals surface area contributed by atoms with Crippen molar-refractivity contribution >= 4 is 34.8 Å². The van der Waals surface area contributed by atoms with Gasteiger partial charge < -0.3 is 25.8 Å². The van der Waals surface area contributed by atoms with E-state index in [1.165, 1.54) is 16.7 Å². The van der Waals surface area contributed by atoms with Crippen molar-refractivity contribution in [3.05, 3.63) is 125 Å². The molecule has 2 aliphatic heterocycles. The third kappa shape index (κ3) is 7.21. The summed E-state index contributed by atoms with van der Waals surface area (Å²) in [5.41, 5.74) is 6.70. The van der Waals surface area contributed by atoms with Gasteiger partial charge in [-0.25, -0.2) is 0 Å². The van der Waals surface area contributed by atoms with Gasteiger partial charge >= 0.3 is 0 Å². The van der Waals surface area contributed by atoms with Crippen molar-refractivity contribution < 1.29 is 9.59 Å². The molecule has 0 aliphatic carbocycles. The topological polar surface area (TPSA) is 89.6 Å². The second-order valence-electron chi connectivity index (χ2n) is 11.3. The Labute approximate surface area is 263 Å². The molecule has 2 atom stereocenters. The Balaban J connectivity index is 1.12. The number of pyridine rings is 1. The van der Waals surface area contributed by atoms with Gasteiger partial charge in [-0.15, -0.1) is 0 Å². The Hall–Kier alpha value is -4.40. The van der Waals surface area contributed by atoms with Crippen LogP contribution < -0.4 is 20.9 Å². The molecule has 2 amide bonds. The lowest BCUT2D eigenvalue weighted by Gasteiger charge is -2.38. The summed E-state index contributed by atoms with van der Waals surface area (Å²) in [7, 11) is 0. The average molecular weight is 609 g/mol. The molecule has 2 aliphatic rings. The van der Waals surface area contributed by atoms with E-state index in [1.807, 2.05) is 53.4 Å². The standard InChI is InChI=1S/C35H37ClN6O2/c36-29-11-9-25(10-12-29)21-32(40-34(43)31-22-26-5-1-2-6-27(26)23-39-31)35(44)42-19-17-41(18-20-42)33-8-4-3-7-28(33)24-38-30-13-15-37-16-14-30/h1-16,31-32,39H,17-24H2,(H,37,38)(H,40,43)/t31-,32-/m1/s1. The molecule has 226 valence electrons. The first-order valence-corrected chi connectivity index (χ1v) is 15.5. The van der Waals surface area contributed by atoms with E-state index in [9.17, 15) is 9.59 Å². The molecule has 0 radical (unpaired) electrons. The highest BCUT2D eigenvalue weighted by atomic mass is 35.5. The number of piperazine rings is 1. The quantitative estimate of drug-likeness (QED) is 0.260. The fourth-order valence-corrected chi connectivity index (χ4v) is 6.12. The number of rotatable bonds is 9. The maximum Gasteiger partial charge on any atom is 0.245 e. The lowest BCUT2D eigenvalue weighted by atomic mass is 9.95. The summed E-state index contributed by atoms with van der Waals surface area (Å²) in [4.78, 5) is 35.8. The summed E-state index contributed by atoms with van der Waals surface area (Å²) in [6, 6.07) is 26.9. The molecular weight excluding hydrogens is 572 g/mol. The Morgan fingerprint density at radius 1 is 0.886 bits per heavy atom.